The topological polar surface area (TPSA) is 27.7 Å². The van der Waals surface area contributed by atoms with Crippen LogP contribution in [0.25, 0.3) is 0 Å². The van der Waals surface area contributed by atoms with E-state index in [0.29, 0.717) is 19.8 Å². The zero-order valence-corrected chi connectivity index (χ0v) is 8.34. The van der Waals surface area contributed by atoms with Gasteiger partial charge in [0.1, 0.15) is 0 Å². The Labute approximate surface area is 89.7 Å². The first kappa shape index (κ1) is 19.5. The number of rotatable bonds is 8. The Hall–Kier alpha value is -0.120. The quantitative estimate of drug-likeness (QED) is 0.574. The molecular formula is C11H28O3. The molecular weight excluding hydrogens is 180 g/mol. The van der Waals surface area contributed by atoms with Gasteiger partial charge in [-0.25, -0.2) is 0 Å². The minimum atomic E-state index is 0. The first-order valence-electron chi connectivity index (χ1n) is 4.58. The van der Waals surface area contributed by atoms with Crippen molar-refractivity contribution in [3.05, 3.63) is 0 Å². The smallest absolute Gasteiger partial charge is 0.0780 e. The molecule has 0 aromatic rings. The van der Waals surface area contributed by atoms with Crippen molar-refractivity contribution in [3.8, 4) is 0 Å². The van der Waals surface area contributed by atoms with Crippen LogP contribution in [-0.4, -0.2) is 39.1 Å². The van der Waals surface area contributed by atoms with Gasteiger partial charge in [-0.15, -0.1) is 0 Å². The molecule has 0 bridgehead atoms. The van der Waals surface area contributed by atoms with Crippen molar-refractivity contribution in [1.29, 1.82) is 0 Å². The van der Waals surface area contributed by atoms with Crippen LogP contribution in [0.4, 0.5) is 0 Å². The molecule has 0 aliphatic carbocycles. The number of hydrogen-bond donors (Lipinski definition) is 0. The minimum Gasteiger partial charge on any atom is -0.379 e. The molecule has 0 rings (SSSR count). The third kappa shape index (κ3) is 14.4. The van der Waals surface area contributed by atoms with E-state index in [1.165, 1.54) is 0 Å². The van der Waals surface area contributed by atoms with Crippen molar-refractivity contribution in [2.45, 2.75) is 41.7 Å². The second kappa shape index (κ2) is 15.4. The van der Waals surface area contributed by atoms with E-state index < -0.39 is 0 Å². The maximum Gasteiger partial charge on any atom is 0.0780 e. The zero-order valence-electron chi connectivity index (χ0n) is 8.34. The summed E-state index contributed by atoms with van der Waals surface area (Å²) in [5.41, 5.74) is 0. The molecule has 0 aliphatic rings. The summed E-state index contributed by atoms with van der Waals surface area (Å²) in [7, 11) is 0. The van der Waals surface area contributed by atoms with E-state index in [1.54, 1.807) is 0 Å². The van der Waals surface area contributed by atoms with Crippen LogP contribution in [0.2, 0.25) is 0 Å². The maximum absolute atomic E-state index is 5.30. The molecule has 0 saturated carbocycles. The summed E-state index contributed by atoms with van der Waals surface area (Å²) >= 11 is 0. The van der Waals surface area contributed by atoms with Gasteiger partial charge in [0.25, 0.3) is 0 Å². The van der Waals surface area contributed by atoms with E-state index in [9.17, 15) is 0 Å². The van der Waals surface area contributed by atoms with E-state index in [2.05, 4.69) is 0 Å². The lowest BCUT2D eigenvalue weighted by molar-refractivity contribution is -0.0184. The molecule has 14 heavy (non-hydrogen) atoms. The van der Waals surface area contributed by atoms with E-state index in [0.717, 1.165) is 13.2 Å². The highest BCUT2D eigenvalue weighted by molar-refractivity contribution is 4.45. The van der Waals surface area contributed by atoms with Crippen molar-refractivity contribution >= 4 is 0 Å². The average Bonchev–Trinajstić information content (AvgIpc) is 2.05. The summed E-state index contributed by atoms with van der Waals surface area (Å²) < 4.78 is 15.7. The van der Waals surface area contributed by atoms with Gasteiger partial charge in [0, 0.05) is 13.2 Å². The Morgan fingerprint density at radius 2 is 1.50 bits per heavy atom. The maximum atomic E-state index is 5.30. The molecule has 0 heterocycles. The Balaban J connectivity index is -0.000000605. The largest absolute Gasteiger partial charge is 0.379 e. The van der Waals surface area contributed by atoms with Gasteiger partial charge in [0.2, 0.25) is 0 Å². The zero-order chi connectivity index (χ0) is 9.23. The standard InChI is InChI=1S/C9H20O3.2CH4/c1-4-10-6-7-11-8-9(3)12-5-2;;/h9H,4-8H2,1-3H3;2*1H4. The molecule has 3 heteroatoms. The highest BCUT2D eigenvalue weighted by atomic mass is 16.5. The summed E-state index contributed by atoms with van der Waals surface area (Å²) in [5.74, 6) is 0. The molecule has 0 aromatic heterocycles. The predicted octanol–water partition coefficient (Wildman–Crippen LogP) is 2.74. The lowest BCUT2D eigenvalue weighted by Gasteiger charge is -2.11. The predicted molar refractivity (Wildman–Crippen MR) is 61.9 cm³/mol. The fourth-order valence-electron chi connectivity index (χ4n) is 0.844. The Morgan fingerprint density at radius 1 is 0.929 bits per heavy atom. The molecule has 1 unspecified atom stereocenters. The third-order valence-electron chi connectivity index (χ3n) is 1.38. The molecule has 0 aliphatic heterocycles. The van der Waals surface area contributed by atoms with Crippen LogP contribution in [0.1, 0.15) is 35.6 Å². The Morgan fingerprint density at radius 3 is 2.00 bits per heavy atom. The van der Waals surface area contributed by atoms with E-state index in [1.807, 2.05) is 20.8 Å². The highest BCUT2D eigenvalue weighted by Gasteiger charge is 1.99. The highest BCUT2D eigenvalue weighted by Crippen LogP contribution is 1.91. The van der Waals surface area contributed by atoms with Gasteiger partial charge in [-0.3, -0.25) is 0 Å². The van der Waals surface area contributed by atoms with Gasteiger partial charge in [0.05, 0.1) is 25.9 Å². The third-order valence-corrected chi connectivity index (χ3v) is 1.38. The van der Waals surface area contributed by atoms with Crippen molar-refractivity contribution in [2.24, 2.45) is 0 Å². The average molecular weight is 208 g/mol. The van der Waals surface area contributed by atoms with Gasteiger partial charge in [-0.05, 0) is 20.8 Å². The Kier molecular flexibility index (Phi) is 21.3. The van der Waals surface area contributed by atoms with Crippen LogP contribution >= 0.6 is 0 Å². The van der Waals surface area contributed by atoms with Crippen LogP contribution in [0.15, 0.2) is 0 Å². The lowest BCUT2D eigenvalue weighted by Crippen LogP contribution is -2.17. The van der Waals surface area contributed by atoms with Crippen LogP contribution in [0.5, 0.6) is 0 Å². The second-order valence-electron chi connectivity index (χ2n) is 2.54. The number of ether oxygens (including phenoxy) is 3. The molecule has 90 valence electrons. The van der Waals surface area contributed by atoms with E-state index in [4.69, 9.17) is 14.2 Å². The van der Waals surface area contributed by atoms with Crippen LogP contribution in [0.3, 0.4) is 0 Å². The molecule has 3 nitrogen and oxygen atoms in total. The molecule has 0 spiro atoms. The molecule has 1 atom stereocenters. The summed E-state index contributed by atoms with van der Waals surface area (Å²) in [5, 5.41) is 0. The van der Waals surface area contributed by atoms with Crippen molar-refractivity contribution in [1.82, 2.24) is 0 Å². The summed E-state index contributed by atoms with van der Waals surface area (Å²) in [4.78, 5) is 0. The fourth-order valence-corrected chi connectivity index (χ4v) is 0.844. The van der Waals surface area contributed by atoms with Gasteiger partial charge in [-0.1, -0.05) is 14.9 Å². The number of hydrogen-bond acceptors (Lipinski definition) is 3. The van der Waals surface area contributed by atoms with Crippen molar-refractivity contribution < 1.29 is 14.2 Å². The summed E-state index contributed by atoms with van der Waals surface area (Å²) in [6, 6.07) is 0. The van der Waals surface area contributed by atoms with E-state index >= 15 is 0 Å². The summed E-state index contributed by atoms with van der Waals surface area (Å²) in [6.07, 6.45) is 0.191. The van der Waals surface area contributed by atoms with E-state index in [-0.39, 0.29) is 21.0 Å². The summed E-state index contributed by atoms with van der Waals surface area (Å²) in [6.45, 7) is 9.45. The fraction of sp³-hybridized carbons (Fsp3) is 1.00. The van der Waals surface area contributed by atoms with Crippen LogP contribution in [-0.2, 0) is 14.2 Å². The molecule has 0 N–H and O–H groups in total. The normalized spacial score (nSPS) is 11.4. The molecule has 0 radical (unpaired) electrons. The van der Waals surface area contributed by atoms with Gasteiger partial charge < -0.3 is 14.2 Å². The molecule has 0 amide bonds. The van der Waals surface area contributed by atoms with Gasteiger partial charge in [-0.2, -0.15) is 0 Å². The molecule has 0 aromatic carbocycles. The molecule has 0 fully saturated rings. The van der Waals surface area contributed by atoms with Crippen molar-refractivity contribution in [2.75, 3.05) is 33.0 Å². The minimum absolute atomic E-state index is 0. The van der Waals surface area contributed by atoms with Crippen LogP contribution < -0.4 is 0 Å². The first-order chi connectivity index (χ1) is 5.81. The van der Waals surface area contributed by atoms with Gasteiger partial charge >= 0.3 is 0 Å². The van der Waals surface area contributed by atoms with Gasteiger partial charge in [0.15, 0.2) is 0 Å². The Bertz CT molecular complexity index is 86.6. The molecule has 0 saturated heterocycles. The SMILES string of the molecule is C.C.CCOCCOCC(C)OCC. The van der Waals surface area contributed by atoms with Crippen LogP contribution in [0, 0.1) is 0 Å². The monoisotopic (exact) mass is 208 g/mol. The first-order valence-corrected chi connectivity index (χ1v) is 4.58. The lowest BCUT2D eigenvalue weighted by atomic mass is 10.4. The second-order valence-corrected chi connectivity index (χ2v) is 2.54. The van der Waals surface area contributed by atoms with Crippen molar-refractivity contribution in [3.63, 3.8) is 0 Å².